The van der Waals surface area contributed by atoms with Crippen LogP contribution in [-0.4, -0.2) is 26.1 Å². The molecule has 0 bridgehead atoms. The molecule has 0 radical (unpaired) electrons. The van der Waals surface area contributed by atoms with Gasteiger partial charge in [0.05, 0.1) is 36.1 Å². The lowest BCUT2D eigenvalue weighted by molar-refractivity contribution is 0.372. The van der Waals surface area contributed by atoms with Crippen molar-refractivity contribution in [1.29, 1.82) is 0 Å². The van der Waals surface area contributed by atoms with Crippen molar-refractivity contribution >= 4 is 0 Å². The second-order valence-corrected chi connectivity index (χ2v) is 5.17. The Bertz CT molecular complexity index is 483. The summed E-state index contributed by atoms with van der Waals surface area (Å²) in [7, 11) is 1.97. The van der Waals surface area contributed by atoms with Crippen molar-refractivity contribution in [2.45, 2.75) is 38.9 Å². The average molecular weight is 247 g/mol. The molecule has 0 amide bonds. The Labute approximate surface area is 108 Å². The fraction of sp³-hybridized carbons (Fsp3) is 0.538. The Kier molecular flexibility index (Phi) is 3.52. The molecule has 18 heavy (non-hydrogen) atoms. The van der Waals surface area contributed by atoms with Gasteiger partial charge >= 0.3 is 0 Å². The number of aromatic nitrogens is 4. The highest BCUT2D eigenvalue weighted by molar-refractivity contribution is 5.11. The number of imidazole rings is 2. The summed E-state index contributed by atoms with van der Waals surface area (Å²) in [5, 5.41) is 3.32. The first kappa shape index (κ1) is 12.8. The van der Waals surface area contributed by atoms with E-state index in [4.69, 9.17) is 0 Å². The van der Waals surface area contributed by atoms with E-state index in [1.807, 2.05) is 32.1 Å². The molecule has 1 N–H and O–H groups in total. The van der Waals surface area contributed by atoms with Crippen LogP contribution < -0.4 is 5.32 Å². The largest absolute Gasteiger partial charge is 0.335 e. The zero-order chi connectivity index (χ0) is 13.2. The van der Waals surface area contributed by atoms with Crippen LogP contribution in [0.4, 0.5) is 0 Å². The summed E-state index contributed by atoms with van der Waals surface area (Å²) in [6.07, 6.45) is 9.46. The maximum atomic E-state index is 4.28. The Balaban J connectivity index is 2.21. The molecule has 0 saturated carbocycles. The van der Waals surface area contributed by atoms with Gasteiger partial charge < -0.3 is 14.5 Å². The lowest BCUT2D eigenvalue weighted by atomic mass is 10.0. The van der Waals surface area contributed by atoms with Crippen molar-refractivity contribution < 1.29 is 0 Å². The molecular formula is C13H21N5. The summed E-state index contributed by atoms with van der Waals surface area (Å²) in [5.41, 5.74) is 1.11. The number of rotatable bonds is 5. The van der Waals surface area contributed by atoms with E-state index in [2.05, 4.69) is 45.2 Å². The molecule has 2 rings (SSSR count). The smallest absolute Gasteiger partial charge is 0.0951 e. The van der Waals surface area contributed by atoms with Gasteiger partial charge in [0.15, 0.2) is 0 Å². The van der Waals surface area contributed by atoms with E-state index in [1.165, 1.54) is 5.69 Å². The number of hydrogen-bond acceptors (Lipinski definition) is 3. The van der Waals surface area contributed by atoms with Gasteiger partial charge in [-0.1, -0.05) is 0 Å². The molecular weight excluding hydrogens is 226 g/mol. The lowest BCUT2D eigenvalue weighted by Gasteiger charge is -2.28. The summed E-state index contributed by atoms with van der Waals surface area (Å²) in [6.45, 7) is 7.40. The maximum absolute atomic E-state index is 4.28. The van der Waals surface area contributed by atoms with Gasteiger partial charge in [-0.2, -0.15) is 0 Å². The second-order valence-electron chi connectivity index (χ2n) is 5.17. The van der Waals surface area contributed by atoms with Gasteiger partial charge in [-0.3, -0.25) is 0 Å². The van der Waals surface area contributed by atoms with E-state index >= 15 is 0 Å². The molecule has 98 valence electrons. The highest BCUT2D eigenvalue weighted by Gasteiger charge is 2.24. The molecule has 5 heteroatoms. The highest BCUT2D eigenvalue weighted by atomic mass is 15.1. The molecule has 0 aliphatic rings. The molecule has 2 aromatic rings. The molecule has 0 spiro atoms. The predicted octanol–water partition coefficient (Wildman–Crippen LogP) is 1.80. The van der Waals surface area contributed by atoms with E-state index in [9.17, 15) is 0 Å². The van der Waals surface area contributed by atoms with Crippen LogP contribution in [0.2, 0.25) is 0 Å². The topological polar surface area (TPSA) is 47.7 Å². The first-order valence-electron chi connectivity index (χ1n) is 6.21. The summed E-state index contributed by atoms with van der Waals surface area (Å²) >= 11 is 0. The lowest BCUT2D eigenvalue weighted by Crippen LogP contribution is -2.36. The molecule has 2 heterocycles. The standard InChI is InChI=1S/C13H21N5/c1-11(8-17-6-5-15-9-17)18-10-16-7-12(18)13(2,3)14-4/h5-7,9-11,14H,8H2,1-4H3. The molecule has 5 nitrogen and oxygen atoms in total. The Morgan fingerprint density at radius 1 is 1.33 bits per heavy atom. The fourth-order valence-corrected chi connectivity index (χ4v) is 2.06. The van der Waals surface area contributed by atoms with Gasteiger partial charge in [0.25, 0.3) is 0 Å². The normalized spacial score (nSPS) is 13.8. The van der Waals surface area contributed by atoms with Crippen molar-refractivity contribution in [3.8, 4) is 0 Å². The second kappa shape index (κ2) is 4.94. The molecule has 0 aliphatic carbocycles. The third-order valence-corrected chi connectivity index (χ3v) is 3.44. The van der Waals surface area contributed by atoms with Gasteiger partial charge in [-0.05, 0) is 27.8 Å². The Morgan fingerprint density at radius 3 is 2.72 bits per heavy atom. The minimum Gasteiger partial charge on any atom is -0.335 e. The fourth-order valence-electron chi connectivity index (χ4n) is 2.06. The Morgan fingerprint density at radius 2 is 2.11 bits per heavy atom. The van der Waals surface area contributed by atoms with Crippen LogP contribution in [-0.2, 0) is 12.1 Å². The van der Waals surface area contributed by atoms with Crippen molar-refractivity contribution in [3.05, 3.63) is 36.9 Å². The van der Waals surface area contributed by atoms with Crippen LogP contribution in [0.15, 0.2) is 31.2 Å². The van der Waals surface area contributed by atoms with E-state index in [-0.39, 0.29) is 5.54 Å². The van der Waals surface area contributed by atoms with Crippen LogP contribution in [0.25, 0.3) is 0 Å². The number of nitrogens with one attached hydrogen (secondary N) is 1. The number of nitrogens with zero attached hydrogens (tertiary/aromatic N) is 4. The molecule has 0 saturated heterocycles. The van der Waals surface area contributed by atoms with Crippen LogP contribution in [0.5, 0.6) is 0 Å². The van der Waals surface area contributed by atoms with E-state index in [1.54, 1.807) is 6.20 Å². The van der Waals surface area contributed by atoms with Crippen LogP contribution in [0.3, 0.4) is 0 Å². The quantitative estimate of drug-likeness (QED) is 0.876. The third-order valence-electron chi connectivity index (χ3n) is 3.44. The molecule has 2 aromatic heterocycles. The highest BCUT2D eigenvalue weighted by Crippen LogP contribution is 2.22. The average Bonchev–Trinajstić information content (AvgIpc) is 2.99. The van der Waals surface area contributed by atoms with Gasteiger partial charge in [0.2, 0.25) is 0 Å². The summed E-state index contributed by atoms with van der Waals surface area (Å²) in [5.74, 6) is 0. The molecule has 1 unspecified atom stereocenters. The summed E-state index contributed by atoms with van der Waals surface area (Å²) in [6, 6.07) is 0.337. The van der Waals surface area contributed by atoms with Crippen molar-refractivity contribution in [2.24, 2.45) is 0 Å². The van der Waals surface area contributed by atoms with Gasteiger partial charge in [-0.25, -0.2) is 9.97 Å². The zero-order valence-electron chi connectivity index (χ0n) is 11.5. The van der Waals surface area contributed by atoms with Crippen LogP contribution in [0, 0.1) is 0 Å². The van der Waals surface area contributed by atoms with Gasteiger partial charge in [-0.15, -0.1) is 0 Å². The van der Waals surface area contributed by atoms with E-state index < -0.39 is 0 Å². The minimum absolute atomic E-state index is 0.0836. The molecule has 1 atom stereocenters. The predicted molar refractivity (Wildman–Crippen MR) is 71.3 cm³/mol. The first-order valence-corrected chi connectivity index (χ1v) is 6.21. The minimum atomic E-state index is -0.0836. The molecule has 0 fully saturated rings. The Hall–Kier alpha value is -1.62. The van der Waals surface area contributed by atoms with Crippen LogP contribution >= 0.6 is 0 Å². The SMILES string of the molecule is CNC(C)(C)c1cncn1C(C)Cn1ccnc1. The van der Waals surface area contributed by atoms with Crippen LogP contribution in [0.1, 0.15) is 32.5 Å². The van der Waals surface area contributed by atoms with Crippen molar-refractivity contribution in [3.63, 3.8) is 0 Å². The van der Waals surface area contributed by atoms with Gasteiger partial charge in [0.1, 0.15) is 0 Å². The summed E-state index contributed by atoms with van der Waals surface area (Å²) < 4.78 is 4.30. The first-order chi connectivity index (χ1) is 8.54. The number of hydrogen-bond donors (Lipinski definition) is 1. The third kappa shape index (κ3) is 2.46. The zero-order valence-corrected chi connectivity index (χ0v) is 11.5. The van der Waals surface area contributed by atoms with E-state index in [0.29, 0.717) is 6.04 Å². The van der Waals surface area contributed by atoms with Crippen molar-refractivity contribution in [2.75, 3.05) is 7.05 Å². The van der Waals surface area contributed by atoms with Crippen molar-refractivity contribution in [1.82, 2.24) is 24.4 Å². The molecule has 0 aliphatic heterocycles. The van der Waals surface area contributed by atoms with E-state index in [0.717, 1.165) is 6.54 Å². The maximum Gasteiger partial charge on any atom is 0.0951 e. The monoisotopic (exact) mass is 247 g/mol. The molecule has 0 aromatic carbocycles. The van der Waals surface area contributed by atoms with Gasteiger partial charge in [0, 0.05) is 18.9 Å². The summed E-state index contributed by atoms with van der Waals surface area (Å²) in [4.78, 5) is 8.35.